The summed E-state index contributed by atoms with van der Waals surface area (Å²) in [7, 11) is 5.53. The first-order valence-corrected chi connectivity index (χ1v) is 21.7. The van der Waals surface area contributed by atoms with Gasteiger partial charge in [0.15, 0.2) is 12.1 Å². The summed E-state index contributed by atoms with van der Waals surface area (Å²) in [6.45, 7) is 4.71. The second-order valence-electron chi connectivity index (χ2n) is 16.0. The van der Waals surface area contributed by atoms with Gasteiger partial charge in [-0.2, -0.15) is 0 Å². The Bertz CT molecular complexity index is 869. The number of allylic oxidation sites excluding steroid dienone is 2. The SMILES string of the molecule is CCCC/C=C/CCCCCCCC(=O)OC(COCCC(C(=O)O)[N+](C)(C)C)COC(=O)CCCCCCCCCCCCCCCCCCC. The van der Waals surface area contributed by atoms with Crippen molar-refractivity contribution in [2.45, 2.75) is 212 Å². The summed E-state index contributed by atoms with van der Waals surface area (Å²) in [6, 6.07) is -0.611. The monoisotopic (exact) mass is 739 g/mol. The van der Waals surface area contributed by atoms with Gasteiger partial charge in [-0.3, -0.25) is 9.59 Å². The molecule has 0 saturated heterocycles. The van der Waals surface area contributed by atoms with Crippen LogP contribution in [0.5, 0.6) is 0 Å². The zero-order valence-corrected chi connectivity index (χ0v) is 34.8. The number of likely N-dealkylation sites (N-methyl/N-ethyl adjacent to an activating group) is 1. The highest BCUT2D eigenvalue weighted by Crippen LogP contribution is 2.15. The summed E-state index contributed by atoms with van der Waals surface area (Å²) in [5.41, 5.74) is 0. The summed E-state index contributed by atoms with van der Waals surface area (Å²) in [5.74, 6) is -1.47. The lowest BCUT2D eigenvalue weighted by molar-refractivity contribution is -0.887. The van der Waals surface area contributed by atoms with Gasteiger partial charge in [-0.15, -0.1) is 0 Å². The summed E-state index contributed by atoms with van der Waals surface area (Å²) in [6.07, 6.45) is 36.8. The van der Waals surface area contributed by atoms with E-state index in [0.29, 0.717) is 19.3 Å². The van der Waals surface area contributed by atoms with Crippen molar-refractivity contribution >= 4 is 17.9 Å². The molecule has 0 heterocycles. The van der Waals surface area contributed by atoms with Gasteiger partial charge in [-0.1, -0.05) is 161 Å². The summed E-state index contributed by atoms with van der Waals surface area (Å²) in [4.78, 5) is 36.9. The van der Waals surface area contributed by atoms with Crippen LogP contribution in [-0.2, 0) is 28.6 Å². The predicted molar refractivity (Wildman–Crippen MR) is 215 cm³/mol. The molecule has 0 aliphatic rings. The van der Waals surface area contributed by atoms with Crippen molar-refractivity contribution in [2.24, 2.45) is 0 Å². The number of quaternary nitrogens is 1. The number of hydrogen-bond donors (Lipinski definition) is 1. The van der Waals surface area contributed by atoms with E-state index in [0.717, 1.165) is 51.4 Å². The number of carbonyl (C=O) groups is 3. The van der Waals surface area contributed by atoms with E-state index in [1.807, 2.05) is 21.1 Å². The number of rotatable bonds is 39. The Labute approximate surface area is 320 Å². The van der Waals surface area contributed by atoms with Crippen molar-refractivity contribution in [3.05, 3.63) is 12.2 Å². The highest BCUT2D eigenvalue weighted by atomic mass is 16.6. The normalized spacial score (nSPS) is 13.0. The third kappa shape index (κ3) is 33.9. The van der Waals surface area contributed by atoms with Gasteiger partial charge in [0.05, 0.1) is 34.4 Å². The van der Waals surface area contributed by atoms with Crippen LogP contribution < -0.4 is 0 Å². The minimum absolute atomic E-state index is 0.0486. The Morgan fingerprint density at radius 1 is 0.558 bits per heavy atom. The molecule has 2 unspecified atom stereocenters. The average molecular weight is 739 g/mol. The van der Waals surface area contributed by atoms with Crippen LogP contribution in [0.2, 0.25) is 0 Å². The Balaban J connectivity index is 4.28. The molecular weight excluding hydrogens is 654 g/mol. The minimum Gasteiger partial charge on any atom is -0.477 e. The lowest BCUT2D eigenvalue weighted by Gasteiger charge is -2.31. The number of unbranched alkanes of at least 4 members (excludes halogenated alkanes) is 23. The van der Waals surface area contributed by atoms with Gasteiger partial charge in [-0.05, 0) is 32.1 Å². The minimum atomic E-state index is -0.874. The Kier molecular flexibility index (Phi) is 34.7. The van der Waals surface area contributed by atoms with Crippen LogP contribution in [-0.4, -0.2) is 80.6 Å². The van der Waals surface area contributed by atoms with Crippen LogP contribution in [0.15, 0.2) is 12.2 Å². The van der Waals surface area contributed by atoms with Gasteiger partial charge in [0.2, 0.25) is 0 Å². The molecule has 0 aromatic heterocycles. The molecule has 0 amide bonds. The molecule has 0 spiro atoms. The van der Waals surface area contributed by atoms with E-state index in [9.17, 15) is 19.5 Å². The van der Waals surface area contributed by atoms with Gasteiger partial charge in [0.25, 0.3) is 0 Å². The zero-order chi connectivity index (χ0) is 38.5. The summed E-state index contributed by atoms with van der Waals surface area (Å²) in [5, 5.41) is 9.60. The molecule has 2 atom stereocenters. The van der Waals surface area contributed by atoms with E-state index in [1.165, 1.54) is 116 Å². The number of carboxylic acids is 1. The highest BCUT2D eigenvalue weighted by Gasteiger charge is 2.31. The molecule has 0 saturated carbocycles. The molecule has 0 aliphatic heterocycles. The predicted octanol–water partition coefficient (Wildman–Crippen LogP) is 11.5. The molecule has 8 heteroatoms. The van der Waals surface area contributed by atoms with Crippen molar-refractivity contribution < 1.29 is 38.2 Å². The van der Waals surface area contributed by atoms with Crippen LogP contribution in [0.1, 0.15) is 200 Å². The van der Waals surface area contributed by atoms with E-state index in [2.05, 4.69) is 26.0 Å². The number of nitrogens with zero attached hydrogens (tertiary/aromatic N) is 1. The Morgan fingerprint density at radius 3 is 1.44 bits per heavy atom. The number of hydrogen-bond acceptors (Lipinski definition) is 6. The zero-order valence-electron chi connectivity index (χ0n) is 34.8. The number of esters is 2. The van der Waals surface area contributed by atoms with Gasteiger partial charge in [0, 0.05) is 19.3 Å². The van der Waals surface area contributed by atoms with E-state index >= 15 is 0 Å². The molecule has 0 bridgehead atoms. The standard InChI is InChI=1S/C44H83NO7/c1-6-8-10-12-14-16-18-19-20-21-22-23-25-26-28-30-32-34-42(46)51-39-40(38-50-37-36-41(44(48)49)45(3,4)5)52-43(47)35-33-31-29-27-24-17-15-13-11-9-7-2/h13,15,40-41H,6-12,14,16-39H2,1-5H3/p+1/b15-13+. The van der Waals surface area contributed by atoms with Crippen molar-refractivity contribution in [2.75, 3.05) is 41.0 Å². The van der Waals surface area contributed by atoms with Crippen molar-refractivity contribution in [3.8, 4) is 0 Å². The molecule has 1 N–H and O–H groups in total. The fraction of sp³-hybridized carbons (Fsp3) is 0.886. The van der Waals surface area contributed by atoms with E-state index < -0.39 is 18.1 Å². The largest absolute Gasteiger partial charge is 0.477 e. The molecule has 306 valence electrons. The fourth-order valence-electron chi connectivity index (χ4n) is 6.48. The molecular formula is C44H84NO7+. The second-order valence-corrected chi connectivity index (χ2v) is 16.0. The molecule has 0 aliphatic carbocycles. The molecule has 8 nitrogen and oxygen atoms in total. The lowest BCUT2D eigenvalue weighted by Crippen LogP contribution is -2.50. The first-order chi connectivity index (χ1) is 25.1. The van der Waals surface area contributed by atoms with Crippen LogP contribution in [0.25, 0.3) is 0 Å². The van der Waals surface area contributed by atoms with Crippen LogP contribution in [0.4, 0.5) is 0 Å². The molecule has 0 fully saturated rings. The Morgan fingerprint density at radius 2 is 0.981 bits per heavy atom. The third-order valence-electron chi connectivity index (χ3n) is 9.91. The van der Waals surface area contributed by atoms with Crippen molar-refractivity contribution in [1.82, 2.24) is 0 Å². The molecule has 0 aromatic carbocycles. The maximum atomic E-state index is 12.7. The molecule has 0 radical (unpaired) electrons. The number of carbonyl (C=O) groups excluding carboxylic acids is 2. The van der Waals surface area contributed by atoms with E-state index in [1.54, 1.807) is 0 Å². The first kappa shape index (κ1) is 50.1. The topological polar surface area (TPSA) is 99.1 Å². The van der Waals surface area contributed by atoms with Crippen LogP contribution in [0.3, 0.4) is 0 Å². The van der Waals surface area contributed by atoms with Gasteiger partial charge < -0.3 is 23.8 Å². The number of ether oxygens (including phenoxy) is 3. The summed E-state index contributed by atoms with van der Waals surface area (Å²) >= 11 is 0. The van der Waals surface area contributed by atoms with E-state index in [4.69, 9.17) is 14.2 Å². The van der Waals surface area contributed by atoms with Gasteiger partial charge >= 0.3 is 17.9 Å². The van der Waals surface area contributed by atoms with E-state index in [-0.39, 0.29) is 36.2 Å². The van der Waals surface area contributed by atoms with Gasteiger partial charge in [0.1, 0.15) is 6.61 Å². The highest BCUT2D eigenvalue weighted by molar-refractivity contribution is 5.72. The van der Waals surface area contributed by atoms with Crippen molar-refractivity contribution in [3.63, 3.8) is 0 Å². The third-order valence-corrected chi connectivity index (χ3v) is 9.91. The maximum absolute atomic E-state index is 12.7. The first-order valence-electron chi connectivity index (χ1n) is 21.7. The quantitative estimate of drug-likeness (QED) is 0.0290. The average Bonchev–Trinajstić information content (AvgIpc) is 3.09. The molecule has 0 aromatic rings. The second kappa shape index (κ2) is 36.1. The summed E-state index contributed by atoms with van der Waals surface area (Å²) < 4.78 is 17.2. The fourth-order valence-corrected chi connectivity index (χ4v) is 6.48. The Hall–Kier alpha value is -1.93. The number of carboxylic acid groups (broad SMARTS) is 1. The molecule has 0 rings (SSSR count). The smallest absolute Gasteiger partial charge is 0.362 e. The van der Waals surface area contributed by atoms with Crippen molar-refractivity contribution in [1.29, 1.82) is 0 Å². The number of aliphatic carboxylic acids is 1. The van der Waals surface area contributed by atoms with Crippen LogP contribution in [0, 0.1) is 0 Å². The molecule has 52 heavy (non-hydrogen) atoms. The van der Waals surface area contributed by atoms with Crippen LogP contribution >= 0.6 is 0 Å². The van der Waals surface area contributed by atoms with Gasteiger partial charge in [-0.25, -0.2) is 4.79 Å². The maximum Gasteiger partial charge on any atom is 0.362 e. The lowest BCUT2D eigenvalue weighted by atomic mass is 10.0.